The van der Waals surface area contributed by atoms with Gasteiger partial charge in [0.1, 0.15) is 5.15 Å². The molecule has 0 spiro atoms. The van der Waals surface area contributed by atoms with Crippen molar-refractivity contribution in [3.05, 3.63) is 53.2 Å². The van der Waals surface area contributed by atoms with E-state index in [1.807, 2.05) is 37.3 Å². The summed E-state index contributed by atoms with van der Waals surface area (Å²) in [6.07, 6.45) is 2.06. The van der Waals surface area contributed by atoms with Crippen molar-refractivity contribution in [2.45, 2.75) is 11.8 Å². The van der Waals surface area contributed by atoms with Crippen molar-refractivity contribution in [2.24, 2.45) is 0 Å². The predicted molar refractivity (Wildman–Crippen MR) is 86.5 cm³/mol. The minimum atomic E-state index is 0.502. The van der Waals surface area contributed by atoms with Crippen LogP contribution in [-0.2, 0) is 0 Å². The molecule has 0 aliphatic carbocycles. The van der Waals surface area contributed by atoms with Gasteiger partial charge in [0.2, 0.25) is 0 Å². The Morgan fingerprint density at radius 2 is 1.75 bits per heavy atom. The first-order valence-electron chi connectivity index (χ1n) is 6.26. The highest BCUT2D eigenvalue weighted by Crippen LogP contribution is 2.26. The minimum absolute atomic E-state index is 0.502. The van der Waals surface area contributed by atoms with Crippen molar-refractivity contribution in [3.8, 4) is 11.4 Å². The van der Waals surface area contributed by atoms with Crippen molar-refractivity contribution in [1.29, 1.82) is 0 Å². The summed E-state index contributed by atoms with van der Waals surface area (Å²) >= 11 is 8.00. The summed E-state index contributed by atoms with van der Waals surface area (Å²) in [6.45, 7) is 2.03. The standard InChI is InChI=1S/C16H13ClN2S/c1-10-3-8-14-13(9-10)15(17)19-16(18-14)11-4-6-12(20-2)7-5-11/h3-9H,1-2H3. The van der Waals surface area contributed by atoms with E-state index in [4.69, 9.17) is 11.6 Å². The Morgan fingerprint density at radius 1 is 1.00 bits per heavy atom. The second kappa shape index (κ2) is 5.43. The van der Waals surface area contributed by atoms with E-state index in [1.165, 1.54) is 4.90 Å². The van der Waals surface area contributed by atoms with E-state index in [1.54, 1.807) is 11.8 Å². The molecule has 0 bridgehead atoms. The summed E-state index contributed by atoms with van der Waals surface area (Å²) in [4.78, 5) is 10.2. The summed E-state index contributed by atoms with van der Waals surface area (Å²) in [7, 11) is 0. The van der Waals surface area contributed by atoms with E-state index in [9.17, 15) is 0 Å². The van der Waals surface area contributed by atoms with Crippen LogP contribution in [0.5, 0.6) is 0 Å². The average Bonchev–Trinajstić information content (AvgIpc) is 2.48. The van der Waals surface area contributed by atoms with Gasteiger partial charge in [0.05, 0.1) is 5.52 Å². The molecule has 3 rings (SSSR count). The zero-order valence-corrected chi connectivity index (χ0v) is 12.8. The van der Waals surface area contributed by atoms with Crippen LogP contribution >= 0.6 is 23.4 Å². The number of thioether (sulfide) groups is 1. The molecular weight excluding hydrogens is 288 g/mol. The molecule has 0 saturated carbocycles. The molecule has 20 heavy (non-hydrogen) atoms. The van der Waals surface area contributed by atoms with E-state index in [-0.39, 0.29) is 0 Å². The lowest BCUT2D eigenvalue weighted by Gasteiger charge is -2.06. The maximum Gasteiger partial charge on any atom is 0.161 e. The summed E-state index contributed by atoms with van der Waals surface area (Å²) in [6, 6.07) is 14.2. The fourth-order valence-corrected chi connectivity index (χ4v) is 2.71. The first kappa shape index (κ1) is 13.4. The van der Waals surface area contributed by atoms with Gasteiger partial charge in [-0.2, -0.15) is 0 Å². The fraction of sp³-hybridized carbons (Fsp3) is 0.125. The molecule has 0 aliphatic rings. The Labute approximate surface area is 127 Å². The molecule has 0 aliphatic heterocycles. The molecule has 100 valence electrons. The monoisotopic (exact) mass is 300 g/mol. The van der Waals surface area contributed by atoms with Crippen molar-refractivity contribution in [3.63, 3.8) is 0 Å². The summed E-state index contributed by atoms with van der Waals surface area (Å²) < 4.78 is 0. The number of halogens is 1. The molecule has 0 saturated heterocycles. The smallest absolute Gasteiger partial charge is 0.161 e. The molecule has 0 N–H and O–H groups in total. The number of rotatable bonds is 2. The third-order valence-corrected chi connectivity index (χ3v) is 4.18. The second-order valence-corrected chi connectivity index (χ2v) is 5.82. The quantitative estimate of drug-likeness (QED) is 0.493. The van der Waals surface area contributed by atoms with Crippen LogP contribution in [0.25, 0.3) is 22.3 Å². The van der Waals surface area contributed by atoms with Gasteiger partial charge >= 0.3 is 0 Å². The van der Waals surface area contributed by atoms with Crippen molar-refractivity contribution in [1.82, 2.24) is 9.97 Å². The lowest BCUT2D eigenvalue weighted by Crippen LogP contribution is -1.92. The molecule has 2 nitrogen and oxygen atoms in total. The third-order valence-electron chi connectivity index (χ3n) is 3.15. The van der Waals surface area contributed by atoms with Crippen LogP contribution < -0.4 is 0 Å². The van der Waals surface area contributed by atoms with Crippen molar-refractivity contribution < 1.29 is 0 Å². The number of nitrogens with zero attached hydrogens (tertiary/aromatic N) is 2. The van der Waals surface area contributed by atoms with Crippen LogP contribution in [0.2, 0.25) is 5.15 Å². The third kappa shape index (κ3) is 2.51. The molecular formula is C16H13ClN2S. The summed E-state index contributed by atoms with van der Waals surface area (Å²) in [5.74, 6) is 0.666. The van der Waals surface area contributed by atoms with Gasteiger partial charge in [0.15, 0.2) is 5.82 Å². The molecule has 0 unspecified atom stereocenters. The van der Waals surface area contributed by atoms with Gasteiger partial charge in [-0.25, -0.2) is 9.97 Å². The molecule has 1 heterocycles. The lowest BCUT2D eigenvalue weighted by atomic mass is 10.1. The Hall–Kier alpha value is -1.58. The molecule has 0 amide bonds. The fourth-order valence-electron chi connectivity index (χ4n) is 2.07. The molecule has 3 aromatic rings. The number of hydrogen-bond donors (Lipinski definition) is 0. The normalized spacial score (nSPS) is 10.9. The predicted octanol–water partition coefficient (Wildman–Crippen LogP) is 4.98. The maximum atomic E-state index is 6.29. The number of aryl methyl sites for hydroxylation is 1. The van der Waals surface area contributed by atoms with Crippen molar-refractivity contribution in [2.75, 3.05) is 6.26 Å². The lowest BCUT2D eigenvalue weighted by molar-refractivity contribution is 1.22. The maximum absolute atomic E-state index is 6.29. The highest BCUT2D eigenvalue weighted by molar-refractivity contribution is 7.98. The molecule has 4 heteroatoms. The minimum Gasteiger partial charge on any atom is -0.228 e. The first-order chi connectivity index (χ1) is 9.67. The average molecular weight is 301 g/mol. The van der Waals surface area contributed by atoms with Crippen LogP contribution in [0, 0.1) is 6.92 Å². The number of benzene rings is 2. The highest BCUT2D eigenvalue weighted by Gasteiger charge is 2.08. The molecule has 0 atom stereocenters. The Kier molecular flexibility index (Phi) is 3.64. The molecule has 1 aromatic heterocycles. The van der Waals surface area contributed by atoms with Gasteiger partial charge in [0.25, 0.3) is 0 Å². The van der Waals surface area contributed by atoms with E-state index in [2.05, 4.69) is 28.4 Å². The van der Waals surface area contributed by atoms with E-state index in [0.717, 1.165) is 22.0 Å². The topological polar surface area (TPSA) is 25.8 Å². The van der Waals surface area contributed by atoms with Gasteiger partial charge < -0.3 is 0 Å². The largest absolute Gasteiger partial charge is 0.228 e. The van der Waals surface area contributed by atoms with Crippen LogP contribution in [-0.4, -0.2) is 16.2 Å². The first-order valence-corrected chi connectivity index (χ1v) is 7.86. The van der Waals surface area contributed by atoms with Crippen molar-refractivity contribution >= 4 is 34.3 Å². The van der Waals surface area contributed by atoms with E-state index in [0.29, 0.717) is 11.0 Å². The Balaban J connectivity index is 2.14. The van der Waals surface area contributed by atoms with Crippen LogP contribution in [0.3, 0.4) is 0 Å². The van der Waals surface area contributed by atoms with E-state index >= 15 is 0 Å². The van der Waals surface area contributed by atoms with Gasteiger partial charge in [-0.15, -0.1) is 11.8 Å². The number of fused-ring (bicyclic) bond motifs is 1. The molecule has 0 fully saturated rings. The Morgan fingerprint density at radius 3 is 2.45 bits per heavy atom. The highest BCUT2D eigenvalue weighted by atomic mass is 35.5. The molecule has 2 aromatic carbocycles. The second-order valence-electron chi connectivity index (χ2n) is 4.59. The van der Waals surface area contributed by atoms with Crippen LogP contribution in [0.15, 0.2) is 47.4 Å². The SMILES string of the molecule is CSc1ccc(-c2nc(Cl)c3cc(C)ccc3n2)cc1. The zero-order valence-electron chi connectivity index (χ0n) is 11.2. The summed E-state index contributed by atoms with van der Waals surface area (Å²) in [5.41, 5.74) is 3.01. The zero-order chi connectivity index (χ0) is 14.1. The number of hydrogen-bond acceptors (Lipinski definition) is 3. The molecule has 0 radical (unpaired) electrons. The summed E-state index contributed by atoms with van der Waals surface area (Å²) in [5, 5.41) is 1.40. The van der Waals surface area contributed by atoms with Crippen LogP contribution in [0.1, 0.15) is 5.56 Å². The number of aromatic nitrogens is 2. The van der Waals surface area contributed by atoms with E-state index < -0.39 is 0 Å². The van der Waals surface area contributed by atoms with Gasteiger partial charge in [0, 0.05) is 15.8 Å². The van der Waals surface area contributed by atoms with Crippen LogP contribution in [0.4, 0.5) is 0 Å². The van der Waals surface area contributed by atoms with Gasteiger partial charge in [-0.05, 0) is 37.4 Å². The van der Waals surface area contributed by atoms with Gasteiger partial charge in [-0.1, -0.05) is 35.4 Å². The Bertz CT molecular complexity index is 769. The van der Waals surface area contributed by atoms with Gasteiger partial charge in [-0.3, -0.25) is 0 Å².